The molecule has 0 bridgehead atoms. The van der Waals surface area contributed by atoms with Crippen molar-refractivity contribution in [2.24, 2.45) is 0 Å². The van der Waals surface area contributed by atoms with Crippen LogP contribution in [0.5, 0.6) is 0 Å². The van der Waals surface area contributed by atoms with Crippen molar-refractivity contribution in [3.8, 4) is 0 Å². The Morgan fingerprint density at radius 3 is 2.00 bits per heavy atom. The smallest absolute Gasteiger partial charge is 0.155 e. The zero-order valence-corrected chi connectivity index (χ0v) is 6.13. The molecular weight excluding hydrogens is 126 g/mol. The molecule has 0 radical (unpaired) electrons. The largest absolute Gasteiger partial charge is 0.219 e. The van der Waals surface area contributed by atoms with Gasteiger partial charge in [0, 0.05) is 0 Å². The fourth-order valence-electron chi connectivity index (χ4n) is 0.732. The molecule has 0 aliphatic heterocycles. The lowest BCUT2D eigenvalue weighted by Gasteiger charge is -1.95. The van der Waals surface area contributed by atoms with Gasteiger partial charge in [-0.25, -0.2) is 15.0 Å². The SMILES string of the molecule is C=Cc1nc(C)nc(C)n1. The molecule has 0 saturated carbocycles. The Balaban J connectivity index is 3.18. The molecule has 0 N–H and O–H groups in total. The number of aromatic nitrogens is 3. The summed E-state index contributed by atoms with van der Waals surface area (Å²) >= 11 is 0. The van der Waals surface area contributed by atoms with Crippen LogP contribution in [0.4, 0.5) is 0 Å². The van der Waals surface area contributed by atoms with Gasteiger partial charge in [0.1, 0.15) is 11.6 Å². The summed E-state index contributed by atoms with van der Waals surface area (Å²) in [5.41, 5.74) is 0. The molecule has 10 heavy (non-hydrogen) atoms. The molecule has 3 nitrogen and oxygen atoms in total. The van der Waals surface area contributed by atoms with Gasteiger partial charge < -0.3 is 0 Å². The van der Waals surface area contributed by atoms with E-state index in [0.29, 0.717) is 5.82 Å². The second-order valence-electron chi connectivity index (χ2n) is 1.99. The summed E-state index contributed by atoms with van der Waals surface area (Å²) in [5, 5.41) is 0. The van der Waals surface area contributed by atoms with E-state index in [1.165, 1.54) is 0 Å². The molecule has 0 aliphatic rings. The molecule has 0 amide bonds. The van der Waals surface area contributed by atoms with Gasteiger partial charge in [-0.3, -0.25) is 0 Å². The second-order valence-corrected chi connectivity index (χ2v) is 1.99. The van der Waals surface area contributed by atoms with Crippen molar-refractivity contribution in [3.05, 3.63) is 24.1 Å². The van der Waals surface area contributed by atoms with E-state index in [4.69, 9.17) is 0 Å². The van der Waals surface area contributed by atoms with Gasteiger partial charge in [0.05, 0.1) is 0 Å². The highest BCUT2D eigenvalue weighted by Gasteiger charge is 1.93. The number of hydrogen-bond acceptors (Lipinski definition) is 3. The lowest BCUT2D eigenvalue weighted by Crippen LogP contribution is -1.97. The molecule has 1 rings (SSSR count). The number of nitrogens with zero attached hydrogens (tertiary/aromatic N) is 3. The Kier molecular flexibility index (Phi) is 1.76. The van der Waals surface area contributed by atoms with E-state index >= 15 is 0 Å². The van der Waals surface area contributed by atoms with Gasteiger partial charge in [-0.2, -0.15) is 0 Å². The maximum absolute atomic E-state index is 4.01. The third kappa shape index (κ3) is 1.37. The Morgan fingerprint density at radius 1 is 1.10 bits per heavy atom. The predicted molar refractivity (Wildman–Crippen MR) is 39.4 cm³/mol. The highest BCUT2D eigenvalue weighted by Crippen LogP contribution is 1.94. The molecule has 0 aromatic carbocycles. The molecule has 1 aromatic heterocycles. The maximum Gasteiger partial charge on any atom is 0.155 e. The predicted octanol–water partition coefficient (Wildman–Crippen LogP) is 1.13. The first-order chi connectivity index (χ1) is 4.72. The lowest BCUT2D eigenvalue weighted by atomic mass is 10.5. The zero-order chi connectivity index (χ0) is 7.56. The number of rotatable bonds is 1. The molecule has 0 spiro atoms. The summed E-state index contributed by atoms with van der Waals surface area (Å²) < 4.78 is 0. The molecular formula is C7H9N3. The first-order valence-electron chi connectivity index (χ1n) is 3.04. The van der Waals surface area contributed by atoms with Crippen molar-refractivity contribution in [3.63, 3.8) is 0 Å². The topological polar surface area (TPSA) is 38.7 Å². The van der Waals surface area contributed by atoms with Gasteiger partial charge in [0.25, 0.3) is 0 Å². The first-order valence-corrected chi connectivity index (χ1v) is 3.04. The first kappa shape index (κ1) is 6.86. The lowest BCUT2D eigenvalue weighted by molar-refractivity contribution is 0.907. The molecule has 0 atom stereocenters. The number of hydrogen-bond donors (Lipinski definition) is 0. The highest BCUT2D eigenvalue weighted by atomic mass is 15.0. The molecule has 0 fully saturated rings. The fourth-order valence-corrected chi connectivity index (χ4v) is 0.732. The second kappa shape index (κ2) is 2.56. The third-order valence-electron chi connectivity index (χ3n) is 1.06. The van der Waals surface area contributed by atoms with Crippen molar-refractivity contribution < 1.29 is 0 Å². The van der Waals surface area contributed by atoms with Crippen LogP contribution in [0.25, 0.3) is 6.08 Å². The van der Waals surface area contributed by atoms with E-state index in [9.17, 15) is 0 Å². The molecule has 1 heterocycles. The minimum atomic E-state index is 0.644. The molecule has 52 valence electrons. The Bertz CT molecular complexity index is 235. The van der Waals surface area contributed by atoms with Crippen LogP contribution in [-0.4, -0.2) is 15.0 Å². The van der Waals surface area contributed by atoms with Crippen molar-refractivity contribution in [2.75, 3.05) is 0 Å². The van der Waals surface area contributed by atoms with Crippen molar-refractivity contribution in [1.82, 2.24) is 15.0 Å². The van der Waals surface area contributed by atoms with Gasteiger partial charge in [0.15, 0.2) is 5.82 Å². The van der Waals surface area contributed by atoms with Gasteiger partial charge in [-0.05, 0) is 19.9 Å². The summed E-state index contributed by atoms with van der Waals surface area (Å²) in [4.78, 5) is 12.0. The molecule has 0 unspecified atom stereocenters. The minimum Gasteiger partial charge on any atom is -0.219 e. The average molecular weight is 135 g/mol. The normalized spacial score (nSPS) is 9.40. The van der Waals surface area contributed by atoms with Crippen molar-refractivity contribution >= 4 is 6.08 Å². The average Bonchev–Trinajstić information content (AvgIpc) is 1.85. The van der Waals surface area contributed by atoms with Crippen LogP contribution in [0.2, 0.25) is 0 Å². The van der Waals surface area contributed by atoms with Crippen LogP contribution in [0.3, 0.4) is 0 Å². The molecule has 0 aliphatic carbocycles. The number of aryl methyl sites for hydroxylation is 2. The van der Waals surface area contributed by atoms with E-state index < -0.39 is 0 Å². The van der Waals surface area contributed by atoms with E-state index in [1.54, 1.807) is 6.08 Å². The molecule has 0 saturated heterocycles. The molecule has 1 aromatic rings. The quantitative estimate of drug-likeness (QED) is 0.579. The Labute approximate surface area is 59.9 Å². The van der Waals surface area contributed by atoms with Crippen LogP contribution in [-0.2, 0) is 0 Å². The summed E-state index contributed by atoms with van der Waals surface area (Å²) in [5.74, 6) is 2.12. The zero-order valence-electron chi connectivity index (χ0n) is 6.13. The monoisotopic (exact) mass is 135 g/mol. The Morgan fingerprint density at radius 2 is 1.60 bits per heavy atom. The van der Waals surface area contributed by atoms with E-state index in [0.717, 1.165) is 11.6 Å². The maximum atomic E-state index is 4.01. The van der Waals surface area contributed by atoms with Crippen LogP contribution in [0.15, 0.2) is 6.58 Å². The van der Waals surface area contributed by atoms with E-state index in [2.05, 4.69) is 21.5 Å². The van der Waals surface area contributed by atoms with E-state index in [-0.39, 0.29) is 0 Å². The van der Waals surface area contributed by atoms with Gasteiger partial charge in [0.2, 0.25) is 0 Å². The van der Waals surface area contributed by atoms with Crippen LogP contribution in [0, 0.1) is 13.8 Å². The summed E-state index contributed by atoms with van der Waals surface area (Å²) in [7, 11) is 0. The fraction of sp³-hybridized carbons (Fsp3) is 0.286. The molecule has 3 heteroatoms. The van der Waals surface area contributed by atoms with Crippen molar-refractivity contribution in [2.45, 2.75) is 13.8 Å². The Hall–Kier alpha value is -1.25. The summed E-state index contributed by atoms with van der Waals surface area (Å²) in [6.45, 7) is 7.23. The van der Waals surface area contributed by atoms with E-state index in [1.807, 2.05) is 13.8 Å². The summed E-state index contributed by atoms with van der Waals surface area (Å²) in [6.07, 6.45) is 1.61. The van der Waals surface area contributed by atoms with Crippen molar-refractivity contribution in [1.29, 1.82) is 0 Å². The van der Waals surface area contributed by atoms with Gasteiger partial charge in [-0.1, -0.05) is 6.58 Å². The summed E-state index contributed by atoms with van der Waals surface area (Å²) in [6, 6.07) is 0. The van der Waals surface area contributed by atoms with Crippen LogP contribution < -0.4 is 0 Å². The third-order valence-corrected chi connectivity index (χ3v) is 1.06. The van der Waals surface area contributed by atoms with Crippen LogP contribution in [0.1, 0.15) is 17.5 Å². The minimum absolute atomic E-state index is 0.644. The van der Waals surface area contributed by atoms with Gasteiger partial charge in [-0.15, -0.1) is 0 Å². The highest BCUT2D eigenvalue weighted by molar-refractivity contribution is 5.35. The standard InChI is InChI=1S/C7H9N3/c1-4-7-9-5(2)8-6(3)10-7/h4H,1H2,2-3H3. The van der Waals surface area contributed by atoms with Crippen LogP contribution >= 0.6 is 0 Å². The van der Waals surface area contributed by atoms with Gasteiger partial charge >= 0.3 is 0 Å².